The second-order valence-electron chi connectivity index (χ2n) is 6.39. The Morgan fingerprint density at radius 1 is 1.00 bits per heavy atom. The normalized spacial score (nSPS) is 10.4. The van der Waals surface area contributed by atoms with Gasteiger partial charge in [0.15, 0.2) is 18.1 Å². The lowest BCUT2D eigenvalue weighted by molar-refractivity contribution is -0.118. The number of carbonyl (C=O) groups is 1. The van der Waals surface area contributed by atoms with Gasteiger partial charge in [0.2, 0.25) is 0 Å². The number of nitrogens with one attached hydrogen (secondary N) is 2. The molecule has 0 aliphatic heterocycles. The number of para-hydroxylation sites is 1. The fourth-order valence-electron chi connectivity index (χ4n) is 2.71. The lowest BCUT2D eigenvalue weighted by Gasteiger charge is -2.14. The van der Waals surface area contributed by atoms with Crippen molar-refractivity contribution in [3.63, 3.8) is 0 Å². The summed E-state index contributed by atoms with van der Waals surface area (Å²) in [6, 6.07) is 18.9. The lowest BCUT2D eigenvalue weighted by Crippen LogP contribution is -2.21. The number of benzene rings is 3. The molecule has 2 N–H and O–H groups in total. The number of halogens is 2. The molecule has 0 saturated heterocycles. The van der Waals surface area contributed by atoms with Crippen molar-refractivity contribution in [1.82, 2.24) is 0 Å². The van der Waals surface area contributed by atoms with Crippen LogP contribution in [-0.4, -0.2) is 19.1 Å². The molecule has 0 heterocycles. The molecule has 3 aromatic rings. The summed E-state index contributed by atoms with van der Waals surface area (Å²) < 4.78 is 24.9. The van der Waals surface area contributed by atoms with E-state index in [-0.39, 0.29) is 12.3 Å². The van der Waals surface area contributed by atoms with Crippen LogP contribution in [0.25, 0.3) is 0 Å². The van der Waals surface area contributed by atoms with E-state index < -0.39 is 11.7 Å². The summed E-state index contributed by atoms with van der Waals surface area (Å²) in [5.74, 6) is 0.0109. The maximum absolute atomic E-state index is 13.6. The second-order valence-corrected chi connectivity index (χ2v) is 6.83. The van der Waals surface area contributed by atoms with Gasteiger partial charge in [-0.1, -0.05) is 29.8 Å². The van der Waals surface area contributed by atoms with Gasteiger partial charge in [-0.05, 0) is 61.0 Å². The van der Waals surface area contributed by atoms with Crippen molar-refractivity contribution in [2.75, 3.05) is 23.8 Å². The molecule has 1 amide bonds. The molecule has 0 fully saturated rings. The van der Waals surface area contributed by atoms with Gasteiger partial charge in [0, 0.05) is 17.3 Å². The highest BCUT2D eigenvalue weighted by molar-refractivity contribution is 6.30. The maximum Gasteiger partial charge on any atom is 0.262 e. The molecule has 7 heteroatoms. The van der Waals surface area contributed by atoms with E-state index in [4.69, 9.17) is 21.1 Å². The highest BCUT2D eigenvalue weighted by atomic mass is 35.5. The molecule has 30 heavy (non-hydrogen) atoms. The van der Waals surface area contributed by atoms with E-state index >= 15 is 0 Å². The number of rotatable bonds is 9. The summed E-state index contributed by atoms with van der Waals surface area (Å²) in [5, 5.41) is 6.47. The number of carbonyl (C=O) groups excluding carboxylic acids is 1. The minimum absolute atomic E-state index is 0.111. The van der Waals surface area contributed by atoms with E-state index in [1.54, 1.807) is 18.2 Å². The van der Waals surface area contributed by atoms with E-state index in [9.17, 15) is 9.18 Å². The summed E-state index contributed by atoms with van der Waals surface area (Å²) >= 11 is 5.90. The first kappa shape index (κ1) is 21.5. The Labute approximate surface area is 179 Å². The topological polar surface area (TPSA) is 59.6 Å². The van der Waals surface area contributed by atoms with Gasteiger partial charge in [0.1, 0.15) is 5.82 Å². The third-order valence-electron chi connectivity index (χ3n) is 4.16. The first-order valence-corrected chi connectivity index (χ1v) is 9.85. The van der Waals surface area contributed by atoms with Crippen LogP contribution in [0.2, 0.25) is 5.02 Å². The zero-order valence-electron chi connectivity index (χ0n) is 16.5. The monoisotopic (exact) mass is 428 g/mol. The Kier molecular flexibility index (Phi) is 7.51. The number of ether oxygens (including phenoxy) is 2. The predicted octanol–water partition coefficient (Wildman–Crippen LogP) is 5.51. The lowest BCUT2D eigenvalue weighted by atomic mass is 10.2. The summed E-state index contributed by atoms with van der Waals surface area (Å²) in [6.07, 6.45) is 0. The summed E-state index contributed by atoms with van der Waals surface area (Å²) in [7, 11) is 0. The molecule has 0 aliphatic carbocycles. The fraction of sp³-hybridized carbons (Fsp3) is 0.174. The van der Waals surface area contributed by atoms with Crippen molar-refractivity contribution in [3.8, 4) is 11.5 Å². The van der Waals surface area contributed by atoms with Gasteiger partial charge in [-0.25, -0.2) is 4.39 Å². The van der Waals surface area contributed by atoms with Gasteiger partial charge >= 0.3 is 0 Å². The Morgan fingerprint density at radius 2 is 1.77 bits per heavy atom. The summed E-state index contributed by atoms with van der Waals surface area (Å²) in [4.78, 5) is 12.1. The van der Waals surface area contributed by atoms with Crippen LogP contribution in [0, 0.1) is 5.82 Å². The molecule has 0 saturated carbocycles. The highest BCUT2D eigenvalue weighted by Gasteiger charge is 2.11. The molecule has 0 aliphatic rings. The molecule has 0 aromatic heterocycles. The Morgan fingerprint density at radius 3 is 2.50 bits per heavy atom. The fourth-order valence-corrected chi connectivity index (χ4v) is 2.84. The Bertz CT molecular complexity index is 996. The van der Waals surface area contributed by atoms with Crippen LogP contribution < -0.4 is 20.1 Å². The van der Waals surface area contributed by atoms with Crippen LogP contribution in [0.4, 0.5) is 15.8 Å². The van der Waals surface area contributed by atoms with E-state index in [1.165, 1.54) is 12.1 Å². The second kappa shape index (κ2) is 10.5. The zero-order valence-corrected chi connectivity index (χ0v) is 17.2. The molecule has 3 aromatic carbocycles. The van der Waals surface area contributed by atoms with Crippen molar-refractivity contribution < 1.29 is 18.7 Å². The van der Waals surface area contributed by atoms with Crippen molar-refractivity contribution in [2.45, 2.75) is 13.5 Å². The number of amides is 1. The van der Waals surface area contributed by atoms with Crippen LogP contribution in [0.3, 0.4) is 0 Å². The number of hydrogen-bond donors (Lipinski definition) is 2. The van der Waals surface area contributed by atoms with E-state index in [1.807, 2.05) is 43.3 Å². The predicted molar refractivity (Wildman–Crippen MR) is 117 cm³/mol. The molecule has 3 rings (SSSR count). The van der Waals surface area contributed by atoms with Gasteiger partial charge in [0.05, 0.1) is 12.3 Å². The van der Waals surface area contributed by atoms with Crippen LogP contribution in [0.5, 0.6) is 11.5 Å². The van der Waals surface area contributed by atoms with Crippen LogP contribution in [0.1, 0.15) is 12.5 Å². The van der Waals surface area contributed by atoms with Gasteiger partial charge in [-0.15, -0.1) is 0 Å². The van der Waals surface area contributed by atoms with Crippen molar-refractivity contribution in [2.24, 2.45) is 0 Å². The molecule has 0 bridgehead atoms. The summed E-state index contributed by atoms with van der Waals surface area (Å²) in [6.45, 7) is 2.63. The van der Waals surface area contributed by atoms with Crippen molar-refractivity contribution >= 4 is 28.9 Å². The van der Waals surface area contributed by atoms with Crippen LogP contribution in [0.15, 0.2) is 66.7 Å². The van der Waals surface area contributed by atoms with E-state index in [2.05, 4.69) is 10.6 Å². The largest absolute Gasteiger partial charge is 0.490 e. The Hall–Kier alpha value is -3.25. The molecule has 156 valence electrons. The number of hydrogen-bond acceptors (Lipinski definition) is 4. The van der Waals surface area contributed by atoms with Crippen LogP contribution in [-0.2, 0) is 11.3 Å². The number of anilines is 2. The first-order chi connectivity index (χ1) is 14.5. The van der Waals surface area contributed by atoms with E-state index in [0.717, 1.165) is 11.3 Å². The average Bonchev–Trinajstić information content (AvgIpc) is 2.74. The molecule has 0 radical (unpaired) electrons. The van der Waals surface area contributed by atoms with Crippen LogP contribution >= 0.6 is 11.6 Å². The molecule has 0 spiro atoms. The smallest absolute Gasteiger partial charge is 0.262 e. The minimum Gasteiger partial charge on any atom is -0.490 e. The van der Waals surface area contributed by atoms with Gasteiger partial charge in [-0.3, -0.25) is 4.79 Å². The molecular weight excluding hydrogens is 407 g/mol. The standard InChI is InChI=1S/C23H22ClFN2O3/c1-2-29-22-13-16(14-26-18-10-8-17(24)9-11-18)7-12-21(22)30-15-23(28)27-20-6-4-3-5-19(20)25/h3-13,26H,2,14-15H2,1H3,(H,27,28). The minimum atomic E-state index is -0.501. The van der Waals surface area contributed by atoms with Gasteiger partial charge in [0.25, 0.3) is 5.91 Å². The summed E-state index contributed by atoms with van der Waals surface area (Å²) in [5.41, 5.74) is 2.04. The molecule has 5 nitrogen and oxygen atoms in total. The third kappa shape index (κ3) is 6.12. The Balaban J connectivity index is 1.60. The average molecular weight is 429 g/mol. The zero-order chi connectivity index (χ0) is 21.3. The van der Waals surface area contributed by atoms with Gasteiger partial charge < -0.3 is 20.1 Å². The molecule has 0 unspecified atom stereocenters. The highest BCUT2D eigenvalue weighted by Crippen LogP contribution is 2.29. The van der Waals surface area contributed by atoms with E-state index in [0.29, 0.717) is 29.7 Å². The maximum atomic E-state index is 13.6. The van der Waals surface area contributed by atoms with Crippen molar-refractivity contribution in [1.29, 1.82) is 0 Å². The third-order valence-corrected chi connectivity index (χ3v) is 4.41. The molecule has 0 atom stereocenters. The van der Waals surface area contributed by atoms with Crippen molar-refractivity contribution in [3.05, 3.63) is 83.1 Å². The first-order valence-electron chi connectivity index (χ1n) is 9.47. The van der Waals surface area contributed by atoms with Gasteiger partial charge in [-0.2, -0.15) is 0 Å². The quantitative estimate of drug-likeness (QED) is 0.472. The molecular formula is C23H22ClFN2O3. The SMILES string of the molecule is CCOc1cc(CNc2ccc(Cl)cc2)ccc1OCC(=O)Nc1ccccc1F.